The highest BCUT2D eigenvalue weighted by atomic mass is 16.3. The third kappa shape index (κ3) is 7.12. The van der Waals surface area contributed by atoms with Crippen LogP contribution in [-0.4, -0.2) is 22.2 Å². The molecule has 0 amide bonds. The molecule has 3 aromatic carbocycles. The van der Waals surface area contributed by atoms with Crippen molar-refractivity contribution in [1.29, 1.82) is 0 Å². The molecule has 0 heterocycles. The molecule has 0 radical (unpaired) electrons. The van der Waals surface area contributed by atoms with Crippen LogP contribution in [0.1, 0.15) is 43.4 Å². The standard InChI is InChI=1S/C28H35NO/c1-23(2)18-19-28(30)27(20-24-12-6-3-7-13-24)29(21-25-14-8-4-9-15-25)22-26-16-10-5-11-17-26/h3-17,23,27-28,30H,18-22H2,1-2H3/t27-,28-/m0/s1. The molecular weight excluding hydrogens is 366 g/mol. The topological polar surface area (TPSA) is 23.5 Å². The molecule has 0 bridgehead atoms. The molecule has 0 aliphatic carbocycles. The summed E-state index contributed by atoms with van der Waals surface area (Å²) in [5.41, 5.74) is 3.84. The van der Waals surface area contributed by atoms with Crippen molar-refractivity contribution in [2.24, 2.45) is 5.92 Å². The normalized spacial score (nSPS) is 13.5. The Morgan fingerprint density at radius 1 is 0.633 bits per heavy atom. The van der Waals surface area contributed by atoms with Gasteiger partial charge in [0.15, 0.2) is 0 Å². The van der Waals surface area contributed by atoms with Crippen molar-refractivity contribution < 1.29 is 5.11 Å². The molecule has 0 aliphatic heterocycles. The molecule has 0 saturated carbocycles. The maximum absolute atomic E-state index is 11.3. The van der Waals surface area contributed by atoms with Gasteiger partial charge in [-0.3, -0.25) is 4.90 Å². The lowest BCUT2D eigenvalue weighted by molar-refractivity contribution is 0.0310. The zero-order valence-electron chi connectivity index (χ0n) is 18.3. The number of benzene rings is 3. The fourth-order valence-corrected chi connectivity index (χ4v) is 3.99. The maximum Gasteiger partial charge on any atom is 0.0699 e. The van der Waals surface area contributed by atoms with Crippen LogP contribution in [0.3, 0.4) is 0 Å². The van der Waals surface area contributed by atoms with Crippen molar-refractivity contribution in [2.75, 3.05) is 0 Å². The summed E-state index contributed by atoms with van der Waals surface area (Å²) >= 11 is 0. The summed E-state index contributed by atoms with van der Waals surface area (Å²) in [4.78, 5) is 2.46. The second-order valence-electron chi connectivity index (χ2n) is 8.67. The number of aliphatic hydroxyl groups is 1. The zero-order chi connectivity index (χ0) is 21.2. The fourth-order valence-electron chi connectivity index (χ4n) is 3.99. The summed E-state index contributed by atoms with van der Waals surface area (Å²) < 4.78 is 0. The second kappa shape index (κ2) is 11.7. The summed E-state index contributed by atoms with van der Waals surface area (Å²) in [6, 6.07) is 31.9. The summed E-state index contributed by atoms with van der Waals surface area (Å²) in [5.74, 6) is 0.591. The quantitative estimate of drug-likeness (QED) is 0.420. The lowest BCUT2D eigenvalue weighted by atomic mass is 9.93. The molecule has 0 aromatic heterocycles. The van der Waals surface area contributed by atoms with Crippen molar-refractivity contribution in [3.8, 4) is 0 Å². The maximum atomic E-state index is 11.3. The number of nitrogens with zero attached hydrogens (tertiary/aromatic N) is 1. The molecular formula is C28H35NO. The number of aliphatic hydroxyl groups excluding tert-OH is 1. The van der Waals surface area contributed by atoms with Crippen LogP contribution in [0.4, 0.5) is 0 Å². The van der Waals surface area contributed by atoms with Gasteiger partial charge in [0.1, 0.15) is 0 Å². The molecule has 2 heteroatoms. The summed E-state index contributed by atoms with van der Waals surface area (Å²) in [6.07, 6.45) is 2.35. The SMILES string of the molecule is CC(C)CC[C@H](O)[C@H](Cc1ccccc1)N(Cc1ccccc1)Cc1ccccc1. The fraction of sp³-hybridized carbons (Fsp3) is 0.357. The molecule has 0 saturated heterocycles. The summed E-state index contributed by atoms with van der Waals surface area (Å²) in [6.45, 7) is 6.10. The molecule has 0 unspecified atom stereocenters. The van der Waals surface area contributed by atoms with Crippen molar-refractivity contribution >= 4 is 0 Å². The van der Waals surface area contributed by atoms with Gasteiger partial charge >= 0.3 is 0 Å². The minimum absolute atomic E-state index is 0.0616. The molecule has 0 spiro atoms. The van der Waals surface area contributed by atoms with Crippen LogP contribution in [0, 0.1) is 5.92 Å². The van der Waals surface area contributed by atoms with Gasteiger partial charge in [-0.1, -0.05) is 105 Å². The Morgan fingerprint density at radius 3 is 1.50 bits per heavy atom. The van der Waals surface area contributed by atoms with E-state index in [9.17, 15) is 5.11 Å². The first kappa shape index (κ1) is 22.3. The largest absolute Gasteiger partial charge is 0.391 e. The van der Waals surface area contributed by atoms with Gasteiger partial charge < -0.3 is 5.11 Å². The van der Waals surface area contributed by atoms with Gasteiger partial charge in [-0.05, 0) is 41.9 Å². The first-order valence-corrected chi connectivity index (χ1v) is 11.2. The van der Waals surface area contributed by atoms with E-state index < -0.39 is 0 Å². The smallest absolute Gasteiger partial charge is 0.0699 e. The van der Waals surface area contributed by atoms with E-state index in [0.29, 0.717) is 5.92 Å². The molecule has 0 aliphatic rings. The minimum atomic E-state index is -0.361. The molecule has 2 nitrogen and oxygen atoms in total. The summed E-state index contributed by atoms with van der Waals surface area (Å²) in [5, 5.41) is 11.3. The first-order valence-electron chi connectivity index (χ1n) is 11.2. The van der Waals surface area contributed by atoms with E-state index in [1.165, 1.54) is 16.7 Å². The van der Waals surface area contributed by atoms with Gasteiger partial charge in [-0.15, -0.1) is 0 Å². The highest BCUT2D eigenvalue weighted by molar-refractivity contribution is 5.20. The predicted octanol–water partition coefficient (Wildman–Crippen LogP) is 6.10. The average molecular weight is 402 g/mol. The van der Waals surface area contributed by atoms with Crippen LogP contribution in [0.5, 0.6) is 0 Å². The Bertz CT molecular complexity index is 791. The van der Waals surface area contributed by atoms with Gasteiger partial charge in [0.2, 0.25) is 0 Å². The first-order chi connectivity index (χ1) is 14.6. The van der Waals surface area contributed by atoms with E-state index in [1.54, 1.807) is 0 Å². The van der Waals surface area contributed by atoms with Gasteiger partial charge in [0.05, 0.1) is 6.10 Å². The van der Waals surface area contributed by atoms with Gasteiger partial charge in [0, 0.05) is 19.1 Å². The lowest BCUT2D eigenvalue weighted by Gasteiger charge is -2.36. The Morgan fingerprint density at radius 2 is 1.07 bits per heavy atom. The van der Waals surface area contributed by atoms with Crippen LogP contribution in [0.25, 0.3) is 0 Å². The van der Waals surface area contributed by atoms with Crippen LogP contribution in [-0.2, 0) is 19.5 Å². The highest BCUT2D eigenvalue weighted by Gasteiger charge is 2.27. The Kier molecular flexibility index (Phi) is 8.67. The molecule has 1 N–H and O–H groups in total. The van der Waals surface area contributed by atoms with Gasteiger partial charge in [-0.25, -0.2) is 0 Å². The van der Waals surface area contributed by atoms with Crippen LogP contribution >= 0.6 is 0 Å². The molecule has 3 rings (SSSR count). The predicted molar refractivity (Wildman–Crippen MR) is 126 cm³/mol. The molecule has 158 valence electrons. The third-order valence-electron chi connectivity index (χ3n) is 5.70. The zero-order valence-corrected chi connectivity index (χ0v) is 18.3. The van der Waals surface area contributed by atoms with E-state index in [0.717, 1.165) is 32.4 Å². The Balaban J connectivity index is 1.88. The summed E-state index contributed by atoms with van der Waals surface area (Å²) in [7, 11) is 0. The van der Waals surface area contributed by atoms with Crippen LogP contribution < -0.4 is 0 Å². The number of hydrogen-bond acceptors (Lipinski definition) is 2. The van der Waals surface area contributed by atoms with Crippen molar-refractivity contribution in [2.45, 2.75) is 58.3 Å². The second-order valence-corrected chi connectivity index (χ2v) is 8.67. The van der Waals surface area contributed by atoms with Crippen LogP contribution in [0.2, 0.25) is 0 Å². The highest BCUT2D eigenvalue weighted by Crippen LogP contribution is 2.22. The van der Waals surface area contributed by atoms with E-state index in [2.05, 4.69) is 110 Å². The Hall–Kier alpha value is -2.42. The van der Waals surface area contributed by atoms with E-state index in [1.807, 2.05) is 0 Å². The molecule has 30 heavy (non-hydrogen) atoms. The van der Waals surface area contributed by atoms with E-state index in [4.69, 9.17) is 0 Å². The molecule has 2 atom stereocenters. The monoisotopic (exact) mass is 401 g/mol. The van der Waals surface area contributed by atoms with Crippen molar-refractivity contribution in [3.63, 3.8) is 0 Å². The van der Waals surface area contributed by atoms with Gasteiger partial charge in [0.25, 0.3) is 0 Å². The average Bonchev–Trinajstić information content (AvgIpc) is 2.77. The minimum Gasteiger partial charge on any atom is -0.391 e. The van der Waals surface area contributed by atoms with Crippen LogP contribution in [0.15, 0.2) is 91.0 Å². The number of rotatable bonds is 11. The lowest BCUT2D eigenvalue weighted by Crippen LogP contribution is -2.44. The number of hydrogen-bond donors (Lipinski definition) is 1. The van der Waals surface area contributed by atoms with E-state index >= 15 is 0 Å². The van der Waals surface area contributed by atoms with Crippen molar-refractivity contribution in [1.82, 2.24) is 4.90 Å². The van der Waals surface area contributed by atoms with Crippen molar-refractivity contribution in [3.05, 3.63) is 108 Å². The Labute approximate surface area is 182 Å². The van der Waals surface area contributed by atoms with E-state index in [-0.39, 0.29) is 12.1 Å². The molecule has 3 aromatic rings. The third-order valence-corrected chi connectivity index (χ3v) is 5.70. The van der Waals surface area contributed by atoms with Gasteiger partial charge in [-0.2, -0.15) is 0 Å². The molecule has 0 fully saturated rings.